The zero-order valence-corrected chi connectivity index (χ0v) is 13.9. The maximum absolute atomic E-state index is 12.4. The highest BCUT2D eigenvalue weighted by Gasteiger charge is 2.27. The minimum atomic E-state index is -0.0775. The molecule has 0 spiro atoms. The minimum Gasteiger partial charge on any atom is -0.393 e. The van der Waals surface area contributed by atoms with Gasteiger partial charge in [-0.25, -0.2) is 0 Å². The smallest absolute Gasteiger partial charge is 0.222 e. The molecule has 4 nitrogen and oxygen atoms in total. The van der Waals surface area contributed by atoms with Crippen molar-refractivity contribution in [1.29, 1.82) is 0 Å². The summed E-state index contributed by atoms with van der Waals surface area (Å²) in [6, 6.07) is 0. The van der Waals surface area contributed by atoms with Crippen LogP contribution in [0.3, 0.4) is 0 Å². The Kier molecular flexibility index (Phi) is 5.75. The first-order valence-electron chi connectivity index (χ1n) is 9.39. The average molecular weight is 308 g/mol. The third kappa shape index (κ3) is 4.45. The van der Waals surface area contributed by atoms with E-state index in [2.05, 4.69) is 9.80 Å². The molecule has 1 saturated carbocycles. The van der Waals surface area contributed by atoms with Gasteiger partial charge in [0.05, 0.1) is 6.10 Å². The fourth-order valence-electron chi connectivity index (χ4n) is 4.42. The highest BCUT2D eigenvalue weighted by Crippen LogP contribution is 2.29. The molecule has 2 saturated heterocycles. The Bertz CT molecular complexity index is 352. The zero-order valence-electron chi connectivity index (χ0n) is 13.9. The first-order valence-corrected chi connectivity index (χ1v) is 9.39. The molecule has 2 heterocycles. The van der Waals surface area contributed by atoms with Gasteiger partial charge in [-0.2, -0.15) is 0 Å². The molecule has 0 aromatic heterocycles. The van der Waals surface area contributed by atoms with E-state index in [-0.39, 0.29) is 6.10 Å². The summed E-state index contributed by atoms with van der Waals surface area (Å²) in [5.74, 6) is 1.82. The van der Waals surface area contributed by atoms with Gasteiger partial charge >= 0.3 is 0 Å². The molecule has 1 aliphatic carbocycles. The molecule has 3 rings (SSSR count). The van der Waals surface area contributed by atoms with Gasteiger partial charge in [-0.1, -0.05) is 12.8 Å². The van der Waals surface area contributed by atoms with Gasteiger partial charge in [0.15, 0.2) is 0 Å². The van der Waals surface area contributed by atoms with Crippen LogP contribution in [0, 0.1) is 11.8 Å². The predicted octanol–water partition coefficient (Wildman–Crippen LogP) is 2.26. The lowest BCUT2D eigenvalue weighted by molar-refractivity contribution is -0.133. The van der Waals surface area contributed by atoms with Crippen LogP contribution in [0.25, 0.3) is 0 Å². The summed E-state index contributed by atoms with van der Waals surface area (Å²) in [5, 5.41) is 9.57. The van der Waals surface area contributed by atoms with Crippen molar-refractivity contribution < 1.29 is 9.90 Å². The van der Waals surface area contributed by atoms with Crippen molar-refractivity contribution in [1.82, 2.24) is 9.80 Å². The molecule has 3 fully saturated rings. The Hall–Kier alpha value is -0.610. The lowest BCUT2D eigenvalue weighted by Gasteiger charge is -2.37. The van der Waals surface area contributed by atoms with Gasteiger partial charge in [-0.3, -0.25) is 4.79 Å². The summed E-state index contributed by atoms with van der Waals surface area (Å²) in [6.45, 7) is 5.18. The Morgan fingerprint density at radius 3 is 2.14 bits per heavy atom. The molecule has 0 aromatic rings. The van der Waals surface area contributed by atoms with Crippen molar-refractivity contribution in [2.24, 2.45) is 11.8 Å². The molecule has 0 bridgehead atoms. The highest BCUT2D eigenvalue weighted by atomic mass is 16.3. The fraction of sp³-hybridized carbons (Fsp3) is 0.944. The van der Waals surface area contributed by atoms with Crippen LogP contribution in [0.15, 0.2) is 0 Å². The number of carbonyl (C=O) groups is 1. The van der Waals surface area contributed by atoms with Crippen molar-refractivity contribution >= 4 is 5.91 Å². The molecule has 0 aromatic carbocycles. The molecule has 1 amide bonds. The number of aliphatic hydroxyl groups excluding tert-OH is 1. The molecule has 2 aliphatic heterocycles. The number of rotatable bonds is 4. The molecule has 0 atom stereocenters. The minimum absolute atomic E-state index is 0.0775. The maximum atomic E-state index is 12.4. The Morgan fingerprint density at radius 2 is 1.50 bits per heavy atom. The van der Waals surface area contributed by atoms with Crippen molar-refractivity contribution in [2.45, 2.75) is 63.9 Å². The number of hydrogen-bond acceptors (Lipinski definition) is 3. The fourth-order valence-corrected chi connectivity index (χ4v) is 4.42. The second-order valence-corrected chi connectivity index (χ2v) is 7.71. The van der Waals surface area contributed by atoms with Gasteiger partial charge < -0.3 is 14.9 Å². The number of carbonyl (C=O) groups excluding carboxylic acids is 1. The van der Waals surface area contributed by atoms with Crippen molar-refractivity contribution in [3.05, 3.63) is 0 Å². The number of likely N-dealkylation sites (tertiary alicyclic amines) is 2. The van der Waals surface area contributed by atoms with Gasteiger partial charge in [-0.05, 0) is 50.4 Å². The van der Waals surface area contributed by atoms with Gasteiger partial charge in [-0.15, -0.1) is 0 Å². The molecular weight excluding hydrogens is 276 g/mol. The van der Waals surface area contributed by atoms with Crippen molar-refractivity contribution in [2.75, 3.05) is 32.7 Å². The second kappa shape index (κ2) is 7.78. The van der Waals surface area contributed by atoms with E-state index in [1.54, 1.807) is 0 Å². The average Bonchev–Trinajstić information content (AvgIpc) is 3.03. The monoisotopic (exact) mass is 308 g/mol. The predicted molar refractivity (Wildman–Crippen MR) is 87.6 cm³/mol. The van der Waals surface area contributed by atoms with E-state index in [0.717, 1.165) is 70.7 Å². The van der Waals surface area contributed by atoms with E-state index in [9.17, 15) is 9.90 Å². The Labute approximate surface area is 134 Å². The third-order valence-electron chi connectivity index (χ3n) is 5.98. The van der Waals surface area contributed by atoms with Crippen LogP contribution in [0.5, 0.6) is 0 Å². The van der Waals surface area contributed by atoms with Crippen molar-refractivity contribution in [3.8, 4) is 0 Å². The molecule has 4 heteroatoms. The van der Waals surface area contributed by atoms with E-state index >= 15 is 0 Å². The van der Waals surface area contributed by atoms with E-state index in [1.807, 2.05) is 0 Å². The largest absolute Gasteiger partial charge is 0.393 e. The highest BCUT2D eigenvalue weighted by molar-refractivity contribution is 5.76. The molecule has 0 unspecified atom stereocenters. The summed E-state index contributed by atoms with van der Waals surface area (Å²) >= 11 is 0. The summed E-state index contributed by atoms with van der Waals surface area (Å²) < 4.78 is 0. The third-order valence-corrected chi connectivity index (χ3v) is 5.98. The van der Waals surface area contributed by atoms with Crippen LogP contribution in [-0.4, -0.2) is 59.6 Å². The first-order chi connectivity index (χ1) is 10.7. The van der Waals surface area contributed by atoms with Crippen LogP contribution in [0.1, 0.15) is 57.8 Å². The normalized spacial score (nSPS) is 26.7. The van der Waals surface area contributed by atoms with Gasteiger partial charge in [0, 0.05) is 39.1 Å². The molecular formula is C18H32N2O2. The van der Waals surface area contributed by atoms with Crippen molar-refractivity contribution in [3.63, 3.8) is 0 Å². The van der Waals surface area contributed by atoms with E-state index in [4.69, 9.17) is 0 Å². The lowest BCUT2D eigenvalue weighted by Crippen LogP contribution is -2.44. The summed E-state index contributed by atoms with van der Waals surface area (Å²) in [7, 11) is 0. The molecule has 126 valence electrons. The van der Waals surface area contributed by atoms with Crippen LogP contribution < -0.4 is 0 Å². The standard InChI is InChI=1S/C18H32N2O2/c21-17-7-9-19(10-8-17)14-16-5-11-20(12-6-16)18(22)13-15-3-1-2-4-15/h15-17,21H,1-14H2. The topological polar surface area (TPSA) is 43.8 Å². The Morgan fingerprint density at radius 1 is 0.864 bits per heavy atom. The van der Waals surface area contributed by atoms with Crippen LogP contribution in [-0.2, 0) is 4.79 Å². The number of amides is 1. The number of piperidine rings is 2. The second-order valence-electron chi connectivity index (χ2n) is 7.71. The molecule has 22 heavy (non-hydrogen) atoms. The number of nitrogens with zero attached hydrogens (tertiary/aromatic N) is 2. The summed E-state index contributed by atoms with van der Waals surface area (Å²) in [4.78, 5) is 17.0. The summed E-state index contributed by atoms with van der Waals surface area (Å²) in [5.41, 5.74) is 0. The van der Waals surface area contributed by atoms with Gasteiger partial charge in [0.1, 0.15) is 0 Å². The van der Waals surface area contributed by atoms with Gasteiger partial charge in [0.25, 0.3) is 0 Å². The Balaban J connectivity index is 1.35. The zero-order chi connectivity index (χ0) is 15.4. The van der Waals surface area contributed by atoms with Crippen LogP contribution >= 0.6 is 0 Å². The summed E-state index contributed by atoms with van der Waals surface area (Å²) in [6.07, 6.45) is 10.1. The molecule has 0 radical (unpaired) electrons. The number of hydrogen-bond donors (Lipinski definition) is 1. The molecule has 3 aliphatic rings. The quantitative estimate of drug-likeness (QED) is 0.866. The maximum Gasteiger partial charge on any atom is 0.222 e. The lowest BCUT2D eigenvalue weighted by atomic mass is 9.94. The van der Waals surface area contributed by atoms with E-state index in [1.165, 1.54) is 25.7 Å². The SMILES string of the molecule is O=C(CC1CCCC1)N1CCC(CN2CCC(O)CC2)CC1. The van der Waals surface area contributed by atoms with E-state index < -0.39 is 0 Å². The van der Waals surface area contributed by atoms with Crippen LogP contribution in [0.2, 0.25) is 0 Å². The molecule has 1 N–H and O–H groups in total. The van der Waals surface area contributed by atoms with Gasteiger partial charge in [0.2, 0.25) is 5.91 Å². The first kappa shape index (κ1) is 16.3. The van der Waals surface area contributed by atoms with E-state index in [0.29, 0.717) is 11.8 Å². The van der Waals surface area contributed by atoms with Crippen LogP contribution in [0.4, 0.5) is 0 Å². The number of aliphatic hydroxyl groups is 1.